The molecule has 0 radical (unpaired) electrons. The number of benzene rings is 3. The van der Waals surface area contributed by atoms with Crippen molar-refractivity contribution < 1.29 is 9.59 Å². The molecule has 0 bridgehead atoms. The zero-order valence-electron chi connectivity index (χ0n) is 21.0. The van der Waals surface area contributed by atoms with Crippen LogP contribution in [0.15, 0.2) is 84.0 Å². The number of ketones is 1. The molecular weight excluding hydrogens is 468 g/mol. The van der Waals surface area contributed by atoms with Crippen molar-refractivity contribution in [3.63, 3.8) is 0 Å². The van der Waals surface area contributed by atoms with Gasteiger partial charge in [0.2, 0.25) is 0 Å². The third-order valence-corrected chi connectivity index (χ3v) is 6.74. The summed E-state index contributed by atoms with van der Waals surface area (Å²) in [5, 5.41) is 12.3. The fourth-order valence-corrected chi connectivity index (χ4v) is 4.62. The Bertz CT molecular complexity index is 1360. The zero-order chi connectivity index (χ0) is 25.7. The average Bonchev–Trinajstić information content (AvgIpc) is 3.28. The summed E-state index contributed by atoms with van der Waals surface area (Å²) in [6, 6.07) is 24.9. The minimum Gasteiger partial charge on any atom is -0.345 e. The molecule has 0 spiro atoms. The number of Topliss-reactive ketones (excluding diaryl/α,β-unsaturated/α-hetero) is 1. The summed E-state index contributed by atoms with van der Waals surface area (Å²) in [7, 11) is 0. The number of amides is 1. The van der Waals surface area contributed by atoms with Crippen LogP contribution in [-0.4, -0.2) is 32.2 Å². The van der Waals surface area contributed by atoms with Crippen molar-refractivity contribution in [1.29, 1.82) is 0 Å². The van der Waals surface area contributed by atoms with E-state index in [0.717, 1.165) is 11.3 Å². The number of nitrogens with one attached hydrogen (secondary N) is 1. The Morgan fingerprint density at radius 2 is 1.61 bits per heavy atom. The first-order chi connectivity index (χ1) is 17.2. The highest BCUT2D eigenvalue weighted by atomic mass is 32.2. The Kier molecular flexibility index (Phi) is 7.70. The Hall–Kier alpha value is -3.71. The van der Waals surface area contributed by atoms with Gasteiger partial charge >= 0.3 is 0 Å². The second kappa shape index (κ2) is 10.9. The fraction of sp³-hybridized carbons (Fsp3) is 0.241. The van der Waals surface area contributed by atoms with Gasteiger partial charge in [-0.25, -0.2) is 0 Å². The number of hydrogen-bond donors (Lipinski definition) is 1. The SMILES string of the molecule is Cc1cccc(-n2c(CNC(=O)c3ccc(C(C)(C)C)cc3)nnc2SCC(=O)c2ccccc2)c1. The second-order valence-electron chi connectivity index (χ2n) is 9.66. The maximum absolute atomic E-state index is 12.8. The number of rotatable bonds is 8. The molecule has 0 saturated heterocycles. The van der Waals surface area contributed by atoms with Gasteiger partial charge in [0.25, 0.3) is 5.91 Å². The smallest absolute Gasteiger partial charge is 0.251 e. The van der Waals surface area contributed by atoms with Crippen molar-refractivity contribution in [2.45, 2.75) is 44.8 Å². The second-order valence-corrected chi connectivity index (χ2v) is 10.6. The van der Waals surface area contributed by atoms with Gasteiger partial charge in [-0.3, -0.25) is 14.2 Å². The lowest BCUT2D eigenvalue weighted by atomic mass is 9.87. The Balaban J connectivity index is 1.53. The van der Waals surface area contributed by atoms with Gasteiger partial charge in [0.15, 0.2) is 16.8 Å². The molecule has 6 nitrogen and oxygen atoms in total. The number of nitrogens with zero attached hydrogens (tertiary/aromatic N) is 3. The lowest BCUT2D eigenvalue weighted by molar-refractivity contribution is 0.0948. The van der Waals surface area contributed by atoms with E-state index in [4.69, 9.17) is 0 Å². The van der Waals surface area contributed by atoms with Crippen molar-refractivity contribution in [3.8, 4) is 5.69 Å². The van der Waals surface area contributed by atoms with E-state index in [1.807, 2.05) is 90.4 Å². The maximum atomic E-state index is 12.8. The van der Waals surface area contributed by atoms with E-state index in [9.17, 15) is 9.59 Å². The summed E-state index contributed by atoms with van der Waals surface area (Å²) >= 11 is 1.33. The predicted octanol–water partition coefficient (Wildman–Crippen LogP) is 5.78. The van der Waals surface area contributed by atoms with E-state index < -0.39 is 0 Å². The number of carbonyl (C=O) groups is 2. The average molecular weight is 499 g/mol. The van der Waals surface area contributed by atoms with Crippen LogP contribution in [0.2, 0.25) is 0 Å². The topological polar surface area (TPSA) is 76.9 Å². The van der Waals surface area contributed by atoms with Crippen LogP contribution in [0.3, 0.4) is 0 Å². The predicted molar refractivity (Wildman–Crippen MR) is 144 cm³/mol. The first-order valence-electron chi connectivity index (χ1n) is 11.8. The van der Waals surface area contributed by atoms with Crippen molar-refractivity contribution in [2.75, 3.05) is 5.75 Å². The molecule has 0 aliphatic carbocycles. The normalized spacial score (nSPS) is 11.3. The van der Waals surface area contributed by atoms with Crippen molar-refractivity contribution in [2.24, 2.45) is 0 Å². The quantitative estimate of drug-likeness (QED) is 0.246. The highest BCUT2D eigenvalue weighted by molar-refractivity contribution is 7.99. The van der Waals surface area contributed by atoms with Gasteiger partial charge in [-0.15, -0.1) is 10.2 Å². The summed E-state index contributed by atoms with van der Waals surface area (Å²) in [5.41, 5.74) is 4.42. The number of thioether (sulfide) groups is 1. The third kappa shape index (κ3) is 6.10. The van der Waals surface area contributed by atoms with Crippen LogP contribution in [0.1, 0.15) is 58.4 Å². The molecule has 36 heavy (non-hydrogen) atoms. The number of carbonyl (C=O) groups excluding carboxylic acids is 2. The Morgan fingerprint density at radius 3 is 2.28 bits per heavy atom. The van der Waals surface area contributed by atoms with Crippen LogP contribution in [0.5, 0.6) is 0 Å². The van der Waals surface area contributed by atoms with Crippen LogP contribution in [0.25, 0.3) is 5.69 Å². The van der Waals surface area contributed by atoms with Crippen molar-refractivity contribution in [3.05, 3.63) is 107 Å². The van der Waals surface area contributed by atoms with Crippen molar-refractivity contribution >= 4 is 23.5 Å². The first-order valence-corrected chi connectivity index (χ1v) is 12.8. The van der Waals surface area contributed by atoms with Gasteiger partial charge in [0, 0.05) is 16.8 Å². The molecule has 1 amide bonds. The van der Waals surface area contributed by atoms with E-state index in [-0.39, 0.29) is 29.4 Å². The monoisotopic (exact) mass is 498 g/mol. The summed E-state index contributed by atoms with van der Waals surface area (Å²) in [6.45, 7) is 8.64. The standard InChI is InChI=1S/C29H30N4O2S/c1-20-9-8-12-24(17-20)33-26(18-30-27(35)22-13-15-23(16-14-22)29(2,3)4)31-32-28(33)36-19-25(34)21-10-6-5-7-11-21/h5-17H,18-19H2,1-4H3,(H,30,35). The van der Waals surface area contributed by atoms with Crippen LogP contribution in [-0.2, 0) is 12.0 Å². The van der Waals surface area contributed by atoms with Gasteiger partial charge in [0.05, 0.1) is 12.3 Å². The molecule has 1 heterocycles. The van der Waals surface area contributed by atoms with E-state index >= 15 is 0 Å². The lowest BCUT2D eigenvalue weighted by Crippen LogP contribution is -2.25. The highest BCUT2D eigenvalue weighted by Crippen LogP contribution is 2.24. The van der Waals surface area contributed by atoms with Crippen LogP contribution >= 0.6 is 11.8 Å². The maximum Gasteiger partial charge on any atom is 0.251 e. The first kappa shape index (κ1) is 25.4. The molecule has 0 aliphatic rings. The number of aromatic nitrogens is 3. The summed E-state index contributed by atoms with van der Waals surface area (Å²) < 4.78 is 1.90. The van der Waals surface area contributed by atoms with Crippen molar-refractivity contribution in [1.82, 2.24) is 20.1 Å². The Labute approximate surface area is 216 Å². The molecule has 0 atom stereocenters. The third-order valence-electron chi connectivity index (χ3n) is 5.81. The van der Waals surface area contributed by atoms with Gasteiger partial charge in [0.1, 0.15) is 0 Å². The molecule has 4 rings (SSSR count). The number of hydrogen-bond acceptors (Lipinski definition) is 5. The largest absolute Gasteiger partial charge is 0.345 e. The van der Waals surface area contributed by atoms with Gasteiger partial charge < -0.3 is 5.32 Å². The zero-order valence-corrected chi connectivity index (χ0v) is 21.8. The summed E-state index contributed by atoms with van der Waals surface area (Å²) in [6.07, 6.45) is 0. The fourth-order valence-electron chi connectivity index (χ4n) is 3.76. The molecule has 0 unspecified atom stereocenters. The highest BCUT2D eigenvalue weighted by Gasteiger charge is 2.18. The molecular formula is C29H30N4O2S. The molecule has 0 aliphatic heterocycles. The van der Waals surface area contributed by atoms with Gasteiger partial charge in [-0.05, 0) is 47.7 Å². The lowest BCUT2D eigenvalue weighted by Gasteiger charge is -2.19. The van der Waals surface area contributed by atoms with Gasteiger partial charge in [-0.2, -0.15) is 0 Å². The van der Waals surface area contributed by atoms with Crippen LogP contribution in [0, 0.1) is 6.92 Å². The van der Waals surface area contributed by atoms with Crippen LogP contribution < -0.4 is 5.32 Å². The Morgan fingerprint density at radius 1 is 0.889 bits per heavy atom. The van der Waals surface area contributed by atoms with Crippen LogP contribution in [0.4, 0.5) is 0 Å². The summed E-state index contributed by atoms with van der Waals surface area (Å²) in [5.74, 6) is 0.672. The number of aryl methyl sites for hydroxylation is 1. The molecule has 184 valence electrons. The molecule has 1 aromatic heterocycles. The molecule has 3 aromatic carbocycles. The van der Waals surface area contributed by atoms with E-state index in [1.54, 1.807) is 0 Å². The van der Waals surface area contributed by atoms with E-state index in [0.29, 0.717) is 22.1 Å². The molecule has 1 N–H and O–H groups in total. The van der Waals surface area contributed by atoms with E-state index in [1.165, 1.54) is 17.3 Å². The molecule has 7 heteroatoms. The summed E-state index contributed by atoms with van der Waals surface area (Å²) in [4.78, 5) is 25.5. The molecule has 0 saturated carbocycles. The van der Waals surface area contributed by atoms with E-state index in [2.05, 4.69) is 36.3 Å². The minimum atomic E-state index is -0.178. The molecule has 0 fully saturated rings. The molecule has 4 aromatic rings. The van der Waals surface area contributed by atoms with Gasteiger partial charge in [-0.1, -0.05) is 87.1 Å². The minimum absolute atomic E-state index is 0.0212.